The fourth-order valence-electron chi connectivity index (χ4n) is 2.58. The molecule has 0 aliphatic carbocycles. The van der Waals surface area contributed by atoms with Gasteiger partial charge in [0.25, 0.3) is 0 Å². The first-order chi connectivity index (χ1) is 10.1. The van der Waals surface area contributed by atoms with Crippen LogP contribution in [-0.4, -0.2) is 17.5 Å². The number of phenols is 1. The Morgan fingerprint density at radius 3 is 2.67 bits per heavy atom. The summed E-state index contributed by atoms with van der Waals surface area (Å²) in [6, 6.07) is 10.2. The summed E-state index contributed by atoms with van der Waals surface area (Å²) in [5.41, 5.74) is 9.36. The zero-order valence-corrected chi connectivity index (χ0v) is 11.8. The Morgan fingerprint density at radius 1 is 1.29 bits per heavy atom. The minimum atomic E-state index is -0.458. The molecule has 1 unspecified atom stereocenters. The second-order valence-electron chi connectivity index (χ2n) is 5.27. The van der Waals surface area contributed by atoms with E-state index in [-0.39, 0.29) is 11.5 Å². The lowest BCUT2D eigenvalue weighted by molar-refractivity contribution is 0.101. The highest BCUT2D eigenvalue weighted by Gasteiger charge is 2.20. The van der Waals surface area contributed by atoms with E-state index in [4.69, 9.17) is 10.5 Å². The number of phenolic OH excluding ortho intramolecular Hbond substituents is 1. The highest BCUT2D eigenvalue weighted by Crippen LogP contribution is 2.36. The average molecular weight is 283 g/mol. The van der Waals surface area contributed by atoms with Crippen LogP contribution in [0.1, 0.15) is 40.0 Å². The monoisotopic (exact) mass is 283 g/mol. The minimum Gasteiger partial charge on any atom is -0.508 e. The van der Waals surface area contributed by atoms with Gasteiger partial charge in [-0.3, -0.25) is 4.79 Å². The number of carbonyl (C=O) groups excluding carboxylic acids is 1. The van der Waals surface area contributed by atoms with E-state index < -0.39 is 6.04 Å². The van der Waals surface area contributed by atoms with Crippen LogP contribution in [0.15, 0.2) is 36.4 Å². The Hall–Kier alpha value is -2.33. The number of aromatic hydroxyl groups is 1. The highest BCUT2D eigenvalue weighted by atomic mass is 16.5. The van der Waals surface area contributed by atoms with E-state index in [1.165, 1.54) is 6.92 Å². The minimum absolute atomic E-state index is 0.0175. The van der Waals surface area contributed by atoms with Gasteiger partial charge < -0.3 is 15.6 Å². The maximum atomic E-state index is 11.3. The molecule has 3 rings (SSSR count). The summed E-state index contributed by atoms with van der Waals surface area (Å²) in [7, 11) is 0. The smallest absolute Gasteiger partial charge is 0.159 e. The average Bonchev–Trinajstić information content (AvgIpc) is 2.93. The number of nitrogens with two attached hydrogens (primary N) is 1. The Kier molecular flexibility index (Phi) is 3.39. The molecule has 4 nitrogen and oxygen atoms in total. The van der Waals surface area contributed by atoms with Gasteiger partial charge in [-0.15, -0.1) is 0 Å². The highest BCUT2D eigenvalue weighted by molar-refractivity contribution is 5.94. The fourth-order valence-corrected chi connectivity index (χ4v) is 2.58. The van der Waals surface area contributed by atoms with Gasteiger partial charge in [0.15, 0.2) is 5.78 Å². The number of hydrogen-bond acceptors (Lipinski definition) is 4. The number of benzene rings is 2. The summed E-state index contributed by atoms with van der Waals surface area (Å²) < 4.78 is 5.52. The van der Waals surface area contributed by atoms with E-state index in [2.05, 4.69) is 0 Å². The lowest BCUT2D eigenvalue weighted by Crippen LogP contribution is -2.12. The molecular formula is C17H17NO3. The zero-order valence-electron chi connectivity index (χ0n) is 11.8. The van der Waals surface area contributed by atoms with Crippen molar-refractivity contribution in [3.8, 4) is 11.5 Å². The SMILES string of the molecule is CC(=O)c1ccc(C(N)c2cc3c(cc2O)CCO3)cc1. The molecule has 4 heteroatoms. The summed E-state index contributed by atoms with van der Waals surface area (Å²) in [5.74, 6) is 0.991. The summed E-state index contributed by atoms with van der Waals surface area (Å²) in [5, 5.41) is 10.2. The predicted molar refractivity (Wildman–Crippen MR) is 79.8 cm³/mol. The van der Waals surface area contributed by atoms with Crippen LogP contribution in [0.5, 0.6) is 11.5 Å². The molecule has 0 amide bonds. The molecule has 1 heterocycles. The van der Waals surface area contributed by atoms with Gasteiger partial charge in [-0.1, -0.05) is 24.3 Å². The van der Waals surface area contributed by atoms with Gasteiger partial charge in [-0.05, 0) is 24.6 Å². The molecule has 0 bridgehead atoms. The second kappa shape index (κ2) is 5.22. The van der Waals surface area contributed by atoms with Crippen LogP contribution in [0.25, 0.3) is 0 Å². The van der Waals surface area contributed by atoms with Gasteiger partial charge in [0.2, 0.25) is 0 Å². The normalized spacial score (nSPS) is 14.4. The Labute approximate surface area is 123 Å². The first-order valence-corrected chi connectivity index (χ1v) is 6.91. The third-order valence-corrected chi connectivity index (χ3v) is 3.85. The van der Waals surface area contributed by atoms with Gasteiger partial charge in [0.1, 0.15) is 11.5 Å². The van der Waals surface area contributed by atoms with Crippen LogP contribution in [0.4, 0.5) is 0 Å². The van der Waals surface area contributed by atoms with Crippen molar-refractivity contribution in [1.82, 2.24) is 0 Å². The van der Waals surface area contributed by atoms with Gasteiger partial charge in [-0.2, -0.15) is 0 Å². The quantitative estimate of drug-likeness (QED) is 0.849. The van der Waals surface area contributed by atoms with E-state index in [0.717, 1.165) is 23.3 Å². The molecule has 0 saturated carbocycles. The molecule has 0 saturated heterocycles. The summed E-state index contributed by atoms with van der Waals surface area (Å²) in [6.07, 6.45) is 0.811. The van der Waals surface area contributed by atoms with E-state index >= 15 is 0 Å². The Morgan fingerprint density at radius 2 is 2.00 bits per heavy atom. The van der Waals surface area contributed by atoms with Crippen molar-refractivity contribution < 1.29 is 14.6 Å². The van der Waals surface area contributed by atoms with Gasteiger partial charge in [-0.25, -0.2) is 0 Å². The zero-order chi connectivity index (χ0) is 15.0. The molecule has 0 radical (unpaired) electrons. The molecule has 0 fully saturated rings. The first kappa shape index (κ1) is 13.6. The molecule has 3 N–H and O–H groups in total. The standard InChI is InChI=1S/C17H17NO3/c1-10(19)11-2-4-12(5-3-11)17(18)14-9-16-13(6-7-21-16)8-15(14)20/h2-5,8-9,17,20H,6-7,18H2,1H3. The third kappa shape index (κ3) is 2.50. The van der Waals surface area contributed by atoms with Crippen molar-refractivity contribution in [2.45, 2.75) is 19.4 Å². The largest absolute Gasteiger partial charge is 0.508 e. The molecule has 1 aliphatic heterocycles. The summed E-state index contributed by atoms with van der Waals surface area (Å²) in [4.78, 5) is 11.3. The molecule has 21 heavy (non-hydrogen) atoms. The first-order valence-electron chi connectivity index (χ1n) is 6.91. The Bertz CT molecular complexity index is 692. The molecule has 2 aromatic rings. The topological polar surface area (TPSA) is 72.6 Å². The molecule has 1 aliphatic rings. The van der Waals surface area contributed by atoms with Crippen LogP contribution in [0, 0.1) is 0 Å². The van der Waals surface area contributed by atoms with Crippen LogP contribution in [0.3, 0.4) is 0 Å². The van der Waals surface area contributed by atoms with E-state index in [0.29, 0.717) is 17.7 Å². The van der Waals surface area contributed by atoms with Crippen LogP contribution in [0.2, 0.25) is 0 Å². The molecule has 0 spiro atoms. The molecule has 108 valence electrons. The van der Waals surface area contributed by atoms with E-state index in [9.17, 15) is 9.90 Å². The number of fused-ring (bicyclic) bond motifs is 1. The maximum Gasteiger partial charge on any atom is 0.159 e. The van der Waals surface area contributed by atoms with E-state index in [1.54, 1.807) is 24.3 Å². The fraction of sp³-hybridized carbons (Fsp3) is 0.235. The lowest BCUT2D eigenvalue weighted by Gasteiger charge is -2.16. The number of ether oxygens (including phenoxy) is 1. The lowest BCUT2D eigenvalue weighted by atomic mass is 9.95. The van der Waals surface area contributed by atoms with Crippen molar-refractivity contribution in [1.29, 1.82) is 0 Å². The Balaban J connectivity index is 1.94. The summed E-state index contributed by atoms with van der Waals surface area (Å²) >= 11 is 0. The number of hydrogen-bond donors (Lipinski definition) is 2. The van der Waals surface area contributed by atoms with E-state index in [1.807, 2.05) is 12.1 Å². The van der Waals surface area contributed by atoms with Crippen LogP contribution in [-0.2, 0) is 6.42 Å². The van der Waals surface area contributed by atoms with Crippen molar-refractivity contribution in [3.05, 3.63) is 58.7 Å². The second-order valence-corrected chi connectivity index (χ2v) is 5.27. The number of ketones is 1. The molecule has 1 atom stereocenters. The van der Waals surface area contributed by atoms with Crippen molar-refractivity contribution >= 4 is 5.78 Å². The molecule has 2 aromatic carbocycles. The van der Waals surface area contributed by atoms with Gasteiger partial charge in [0, 0.05) is 23.1 Å². The molecular weight excluding hydrogens is 266 g/mol. The number of Topliss-reactive ketones (excluding diaryl/α,β-unsaturated/α-hetero) is 1. The van der Waals surface area contributed by atoms with Crippen molar-refractivity contribution in [3.63, 3.8) is 0 Å². The van der Waals surface area contributed by atoms with Gasteiger partial charge >= 0.3 is 0 Å². The predicted octanol–water partition coefficient (Wildman–Crippen LogP) is 2.58. The van der Waals surface area contributed by atoms with Crippen molar-refractivity contribution in [2.24, 2.45) is 5.73 Å². The van der Waals surface area contributed by atoms with Crippen LogP contribution < -0.4 is 10.5 Å². The van der Waals surface area contributed by atoms with Gasteiger partial charge in [0.05, 0.1) is 12.6 Å². The number of carbonyl (C=O) groups is 1. The third-order valence-electron chi connectivity index (χ3n) is 3.85. The maximum absolute atomic E-state index is 11.3. The van der Waals surface area contributed by atoms with Crippen LogP contribution >= 0.6 is 0 Å². The van der Waals surface area contributed by atoms with Crippen molar-refractivity contribution in [2.75, 3.05) is 6.61 Å². The summed E-state index contributed by atoms with van der Waals surface area (Å²) in [6.45, 7) is 2.17. The molecule has 0 aromatic heterocycles. The number of rotatable bonds is 3.